The van der Waals surface area contributed by atoms with Crippen molar-refractivity contribution in [2.75, 3.05) is 18.5 Å². The van der Waals surface area contributed by atoms with Crippen molar-refractivity contribution in [2.45, 2.75) is 13.8 Å². The summed E-state index contributed by atoms with van der Waals surface area (Å²) in [6, 6.07) is 3.74. The topological polar surface area (TPSA) is 97.5 Å². The van der Waals surface area contributed by atoms with Crippen molar-refractivity contribution in [3.63, 3.8) is 0 Å². The summed E-state index contributed by atoms with van der Waals surface area (Å²) in [6.45, 7) is 3.32. The molecule has 122 valence electrons. The maximum absolute atomic E-state index is 13.5. The molecule has 0 aliphatic heterocycles. The molecular formula is C15H15FN2O5. The van der Waals surface area contributed by atoms with Crippen LogP contribution in [-0.2, 0) is 19.1 Å². The first-order valence-corrected chi connectivity index (χ1v) is 6.94. The number of amides is 1. The van der Waals surface area contributed by atoms with Crippen molar-refractivity contribution in [3.8, 4) is 0 Å². The van der Waals surface area contributed by atoms with Crippen molar-refractivity contribution >= 4 is 34.4 Å². The third kappa shape index (κ3) is 3.47. The highest BCUT2D eigenvalue weighted by Crippen LogP contribution is 2.29. The summed E-state index contributed by atoms with van der Waals surface area (Å²) in [7, 11) is 0. The number of rotatable bonds is 4. The molecule has 2 rings (SSSR count). The largest absolute Gasteiger partial charge is 0.461 e. The van der Waals surface area contributed by atoms with Gasteiger partial charge in [0.2, 0.25) is 0 Å². The molecule has 2 aromatic rings. The zero-order valence-corrected chi connectivity index (χ0v) is 12.6. The maximum Gasteiger partial charge on any atom is 0.397 e. The van der Waals surface area contributed by atoms with Crippen molar-refractivity contribution in [2.24, 2.45) is 0 Å². The van der Waals surface area contributed by atoms with Crippen LogP contribution in [0.4, 0.5) is 10.1 Å². The normalized spacial score (nSPS) is 10.4. The fraction of sp³-hybridized carbons (Fsp3) is 0.267. The molecule has 0 atom stereocenters. The number of nitrogens with one attached hydrogen (secondary N) is 2. The molecule has 0 spiro atoms. The molecule has 0 saturated heterocycles. The molecule has 2 N–H and O–H groups in total. The van der Waals surface area contributed by atoms with Gasteiger partial charge in [-0.25, -0.2) is 14.0 Å². The van der Waals surface area contributed by atoms with E-state index in [9.17, 15) is 18.8 Å². The molecule has 0 bridgehead atoms. The third-order valence-corrected chi connectivity index (χ3v) is 2.94. The van der Waals surface area contributed by atoms with E-state index in [0.29, 0.717) is 5.52 Å². The molecule has 0 aliphatic carbocycles. The number of benzene rings is 1. The van der Waals surface area contributed by atoms with E-state index < -0.39 is 23.7 Å². The Morgan fingerprint density at radius 1 is 1.17 bits per heavy atom. The van der Waals surface area contributed by atoms with Gasteiger partial charge in [0.05, 0.1) is 18.9 Å². The number of ether oxygens (including phenoxy) is 2. The monoisotopic (exact) mass is 322 g/mol. The lowest BCUT2D eigenvalue weighted by Gasteiger charge is -2.06. The van der Waals surface area contributed by atoms with Crippen LogP contribution < -0.4 is 5.32 Å². The van der Waals surface area contributed by atoms with E-state index in [-0.39, 0.29) is 30.0 Å². The second-order valence-corrected chi connectivity index (χ2v) is 4.46. The second-order valence-electron chi connectivity index (χ2n) is 4.46. The zero-order chi connectivity index (χ0) is 17.0. The Bertz CT molecular complexity index is 769. The lowest BCUT2D eigenvalue weighted by Crippen LogP contribution is -2.26. The number of anilines is 1. The molecular weight excluding hydrogens is 307 g/mol. The summed E-state index contributed by atoms with van der Waals surface area (Å²) in [4.78, 5) is 38.0. The van der Waals surface area contributed by atoms with Crippen LogP contribution in [0.1, 0.15) is 24.3 Å². The van der Waals surface area contributed by atoms with E-state index in [4.69, 9.17) is 4.74 Å². The lowest BCUT2D eigenvalue weighted by atomic mass is 10.2. The van der Waals surface area contributed by atoms with Crippen molar-refractivity contribution in [1.29, 1.82) is 0 Å². The Balaban J connectivity index is 2.47. The van der Waals surface area contributed by atoms with E-state index in [1.807, 2.05) is 0 Å². The number of esters is 2. The molecule has 0 radical (unpaired) electrons. The quantitative estimate of drug-likeness (QED) is 0.662. The van der Waals surface area contributed by atoms with Crippen LogP contribution in [0.15, 0.2) is 18.2 Å². The van der Waals surface area contributed by atoms with Gasteiger partial charge in [0.1, 0.15) is 11.5 Å². The van der Waals surface area contributed by atoms with Crippen molar-refractivity contribution in [3.05, 3.63) is 29.7 Å². The maximum atomic E-state index is 13.5. The van der Waals surface area contributed by atoms with Crippen LogP contribution in [-0.4, -0.2) is 36.0 Å². The van der Waals surface area contributed by atoms with E-state index in [2.05, 4.69) is 15.0 Å². The van der Waals surface area contributed by atoms with Gasteiger partial charge in [-0.1, -0.05) is 0 Å². The number of carbonyl (C=O) groups excluding carboxylic acids is 3. The molecule has 1 amide bonds. The number of halogens is 1. The summed E-state index contributed by atoms with van der Waals surface area (Å²) in [5.74, 6) is -3.46. The first-order chi connectivity index (χ1) is 11.0. The number of aromatic nitrogens is 1. The van der Waals surface area contributed by atoms with E-state index in [1.54, 1.807) is 13.8 Å². The van der Waals surface area contributed by atoms with Crippen LogP contribution in [0.2, 0.25) is 0 Å². The Kier molecular flexibility index (Phi) is 4.95. The lowest BCUT2D eigenvalue weighted by molar-refractivity contribution is -0.152. The molecule has 7 nitrogen and oxygen atoms in total. The van der Waals surface area contributed by atoms with E-state index in [0.717, 1.165) is 6.07 Å². The fourth-order valence-corrected chi connectivity index (χ4v) is 2.01. The highest BCUT2D eigenvalue weighted by molar-refractivity contribution is 6.38. The fourth-order valence-electron chi connectivity index (χ4n) is 2.01. The predicted octanol–water partition coefficient (Wildman–Crippen LogP) is 1.99. The van der Waals surface area contributed by atoms with Gasteiger partial charge in [-0.05, 0) is 32.0 Å². The van der Waals surface area contributed by atoms with Gasteiger partial charge in [-0.15, -0.1) is 0 Å². The number of fused-ring (bicyclic) bond motifs is 1. The minimum Gasteiger partial charge on any atom is -0.461 e. The van der Waals surface area contributed by atoms with Crippen LogP contribution >= 0.6 is 0 Å². The number of carbonyl (C=O) groups is 3. The average molecular weight is 322 g/mol. The summed E-state index contributed by atoms with van der Waals surface area (Å²) in [6.07, 6.45) is 0. The smallest absolute Gasteiger partial charge is 0.397 e. The van der Waals surface area contributed by atoms with Gasteiger partial charge in [0, 0.05) is 10.9 Å². The van der Waals surface area contributed by atoms with Crippen LogP contribution in [0.3, 0.4) is 0 Å². The van der Waals surface area contributed by atoms with Crippen LogP contribution in [0.5, 0.6) is 0 Å². The summed E-state index contributed by atoms with van der Waals surface area (Å²) in [5.41, 5.74) is 0.301. The van der Waals surface area contributed by atoms with Crippen LogP contribution in [0, 0.1) is 5.82 Å². The molecule has 8 heteroatoms. The molecule has 23 heavy (non-hydrogen) atoms. The van der Waals surface area contributed by atoms with Gasteiger partial charge in [0.25, 0.3) is 0 Å². The predicted molar refractivity (Wildman–Crippen MR) is 79.5 cm³/mol. The van der Waals surface area contributed by atoms with Gasteiger partial charge >= 0.3 is 17.8 Å². The summed E-state index contributed by atoms with van der Waals surface area (Å²) >= 11 is 0. The second kappa shape index (κ2) is 6.91. The Hall–Kier alpha value is -2.90. The van der Waals surface area contributed by atoms with Gasteiger partial charge in [-0.2, -0.15) is 0 Å². The van der Waals surface area contributed by atoms with E-state index >= 15 is 0 Å². The SMILES string of the molecule is CCOC(=O)C(=O)Nc1c(C(=O)OCC)[nH]c2ccc(F)cc12. The average Bonchev–Trinajstić information content (AvgIpc) is 2.86. The summed E-state index contributed by atoms with van der Waals surface area (Å²) < 4.78 is 22.9. The Labute approximate surface area is 130 Å². The number of H-pyrrole nitrogens is 1. The Morgan fingerprint density at radius 2 is 1.87 bits per heavy atom. The summed E-state index contributed by atoms with van der Waals surface area (Å²) in [5, 5.41) is 2.51. The zero-order valence-electron chi connectivity index (χ0n) is 12.6. The molecule has 0 unspecified atom stereocenters. The molecule has 0 aliphatic rings. The van der Waals surface area contributed by atoms with Gasteiger partial charge < -0.3 is 19.8 Å². The minimum absolute atomic E-state index is 0.0273. The number of hydrogen-bond acceptors (Lipinski definition) is 5. The number of aromatic amines is 1. The van der Waals surface area contributed by atoms with Crippen molar-refractivity contribution < 1.29 is 28.2 Å². The van der Waals surface area contributed by atoms with Gasteiger partial charge in [-0.3, -0.25) is 4.79 Å². The standard InChI is InChI=1S/C15H15FN2O5/c1-3-22-14(20)12-11(18-13(19)15(21)23-4-2)9-7-8(16)5-6-10(9)17-12/h5-7,17H,3-4H2,1-2H3,(H,18,19). The number of hydrogen-bond donors (Lipinski definition) is 2. The minimum atomic E-state index is -1.10. The molecule has 1 heterocycles. The molecule has 1 aromatic heterocycles. The molecule has 1 aromatic carbocycles. The van der Waals surface area contributed by atoms with Gasteiger partial charge in [0.15, 0.2) is 0 Å². The highest BCUT2D eigenvalue weighted by Gasteiger charge is 2.24. The van der Waals surface area contributed by atoms with E-state index in [1.165, 1.54) is 12.1 Å². The van der Waals surface area contributed by atoms with Crippen molar-refractivity contribution in [1.82, 2.24) is 4.98 Å². The third-order valence-electron chi connectivity index (χ3n) is 2.94. The highest BCUT2D eigenvalue weighted by atomic mass is 19.1. The van der Waals surface area contributed by atoms with Crippen LogP contribution in [0.25, 0.3) is 10.9 Å². The first-order valence-electron chi connectivity index (χ1n) is 6.94. The Morgan fingerprint density at radius 3 is 2.52 bits per heavy atom. The molecule has 0 fully saturated rings. The first kappa shape index (κ1) is 16.5. The molecule has 0 saturated carbocycles.